The molecular formula is C17H26N2O2S. The number of aryl methyl sites for hydroxylation is 2. The number of benzene rings is 1. The first-order valence-corrected chi connectivity index (χ1v) is 9.65. The molecule has 4 nitrogen and oxygen atoms in total. The first-order chi connectivity index (χ1) is 10.4. The van der Waals surface area contributed by atoms with Crippen LogP contribution in [0.1, 0.15) is 36.8 Å². The van der Waals surface area contributed by atoms with Gasteiger partial charge in [-0.15, -0.1) is 0 Å². The molecule has 0 radical (unpaired) electrons. The molecule has 0 aliphatic carbocycles. The second kappa shape index (κ2) is 5.95. The van der Waals surface area contributed by atoms with Gasteiger partial charge in [-0.1, -0.05) is 6.07 Å². The Morgan fingerprint density at radius 2 is 1.91 bits per heavy atom. The molecule has 2 aliphatic rings. The van der Waals surface area contributed by atoms with Crippen LogP contribution in [0.4, 0.5) is 0 Å². The van der Waals surface area contributed by atoms with Crippen molar-refractivity contribution in [3.05, 3.63) is 29.3 Å². The van der Waals surface area contributed by atoms with E-state index in [0.717, 1.165) is 49.9 Å². The fraction of sp³-hybridized carbons (Fsp3) is 0.647. The van der Waals surface area contributed by atoms with Crippen LogP contribution in [0.25, 0.3) is 0 Å². The molecule has 1 aromatic rings. The van der Waals surface area contributed by atoms with Crippen LogP contribution in [0.15, 0.2) is 23.1 Å². The Bertz CT molecular complexity index is 643. The number of hydrogen-bond donors (Lipinski definition) is 1. The summed E-state index contributed by atoms with van der Waals surface area (Å²) in [6.07, 6.45) is 4.39. The fourth-order valence-corrected chi connectivity index (χ4v) is 5.45. The molecule has 2 fully saturated rings. The molecule has 3 rings (SSSR count). The molecule has 0 bridgehead atoms. The topological polar surface area (TPSA) is 49.4 Å². The summed E-state index contributed by atoms with van der Waals surface area (Å²) < 4.78 is 27.7. The number of nitrogens with one attached hydrogen (secondary N) is 1. The van der Waals surface area contributed by atoms with E-state index in [2.05, 4.69) is 5.32 Å². The van der Waals surface area contributed by atoms with E-state index in [-0.39, 0.29) is 5.41 Å². The largest absolute Gasteiger partial charge is 0.316 e. The maximum absolute atomic E-state index is 13.0. The average molecular weight is 322 g/mol. The maximum atomic E-state index is 13.0. The third kappa shape index (κ3) is 2.94. The summed E-state index contributed by atoms with van der Waals surface area (Å²) in [6, 6.07) is 5.47. The van der Waals surface area contributed by atoms with E-state index in [1.165, 1.54) is 0 Å². The number of nitrogens with zero attached hydrogens (tertiary/aromatic N) is 1. The Labute approximate surface area is 134 Å². The van der Waals surface area contributed by atoms with Crippen molar-refractivity contribution in [2.45, 2.75) is 44.4 Å². The van der Waals surface area contributed by atoms with E-state index in [1.807, 2.05) is 26.0 Å². The van der Waals surface area contributed by atoms with Crippen LogP contribution >= 0.6 is 0 Å². The van der Waals surface area contributed by atoms with Crippen LogP contribution in [-0.2, 0) is 10.0 Å². The van der Waals surface area contributed by atoms with Crippen LogP contribution in [0.5, 0.6) is 0 Å². The quantitative estimate of drug-likeness (QED) is 0.910. The molecule has 1 atom stereocenters. The summed E-state index contributed by atoms with van der Waals surface area (Å²) in [5.41, 5.74) is 2.31. The second-order valence-corrected chi connectivity index (χ2v) is 8.91. The molecule has 0 amide bonds. The monoisotopic (exact) mass is 322 g/mol. The minimum Gasteiger partial charge on any atom is -0.316 e. The highest BCUT2D eigenvalue weighted by Crippen LogP contribution is 2.37. The van der Waals surface area contributed by atoms with Crippen LogP contribution in [0.2, 0.25) is 0 Å². The van der Waals surface area contributed by atoms with Crippen molar-refractivity contribution in [3.8, 4) is 0 Å². The zero-order chi connectivity index (χ0) is 15.8. The minimum absolute atomic E-state index is 0.142. The van der Waals surface area contributed by atoms with E-state index in [0.29, 0.717) is 18.0 Å². The van der Waals surface area contributed by atoms with Crippen molar-refractivity contribution in [3.63, 3.8) is 0 Å². The summed E-state index contributed by atoms with van der Waals surface area (Å²) >= 11 is 0. The Morgan fingerprint density at radius 3 is 2.59 bits per heavy atom. The first kappa shape index (κ1) is 16.0. The van der Waals surface area contributed by atoms with Gasteiger partial charge < -0.3 is 5.32 Å². The predicted octanol–water partition coefficient (Wildman–Crippen LogP) is 2.46. The molecule has 122 valence electrons. The van der Waals surface area contributed by atoms with Crippen LogP contribution < -0.4 is 5.32 Å². The van der Waals surface area contributed by atoms with Gasteiger partial charge in [0.15, 0.2) is 0 Å². The highest BCUT2D eigenvalue weighted by molar-refractivity contribution is 7.89. The van der Waals surface area contributed by atoms with Gasteiger partial charge in [0.05, 0.1) is 4.90 Å². The highest BCUT2D eigenvalue weighted by Gasteiger charge is 2.40. The predicted molar refractivity (Wildman–Crippen MR) is 88.4 cm³/mol. The highest BCUT2D eigenvalue weighted by atomic mass is 32.2. The standard InChI is InChI=1S/C17H26N2O2S/c1-14-5-6-16(11-15(14)2)22(20,21)19-10-4-8-17(13-19)7-3-9-18-12-17/h5-6,11,18H,3-4,7-10,12-13H2,1-2H3. The van der Waals surface area contributed by atoms with Gasteiger partial charge in [0.25, 0.3) is 0 Å². The molecule has 1 aromatic carbocycles. The smallest absolute Gasteiger partial charge is 0.243 e. The van der Waals surface area contributed by atoms with Crippen LogP contribution in [0.3, 0.4) is 0 Å². The van der Waals surface area contributed by atoms with Crippen LogP contribution in [0, 0.1) is 19.3 Å². The molecule has 22 heavy (non-hydrogen) atoms. The maximum Gasteiger partial charge on any atom is 0.243 e. The molecule has 2 saturated heterocycles. The number of sulfonamides is 1. The average Bonchev–Trinajstić information content (AvgIpc) is 2.51. The summed E-state index contributed by atoms with van der Waals surface area (Å²) in [5.74, 6) is 0. The summed E-state index contributed by atoms with van der Waals surface area (Å²) in [4.78, 5) is 0.441. The first-order valence-electron chi connectivity index (χ1n) is 8.21. The Kier molecular flexibility index (Phi) is 4.32. The summed E-state index contributed by atoms with van der Waals surface area (Å²) in [6.45, 7) is 7.30. The van der Waals surface area contributed by atoms with Crippen molar-refractivity contribution in [1.82, 2.24) is 9.62 Å². The minimum atomic E-state index is -3.37. The number of rotatable bonds is 2. The van der Waals surface area contributed by atoms with Crippen molar-refractivity contribution >= 4 is 10.0 Å². The lowest BCUT2D eigenvalue weighted by atomic mass is 9.75. The zero-order valence-corrected chi connectivity index (χ0v) is 14.4. The van der Waals surface area contributed by atoms with E-state index in [4.69, 9.17) is 0 Å². The van der Waals surface area contributed by atoms with E-state index < -0.39 is 10.0 Å². The van der Waals surface area contributed by atoms with Gasteiger partial charge in [-0.3, -0.25) is 0 Å². The molecule has 1 unspecified atom stereocenters. The van der Waals surface area contributed by atoms with E-state index in [9.17, 15) is 8.42 Å². The zero-order valence-electron chi connectivity index (χ0n) is 13.6. The molecule has 5 heteroatoms. The lowest BCUT2D eigenvalue weighted by molar-refractivity contribution is 0.110. The van der Waals surface area contributed by atoms with Gasteiger partial charge in [-0.05, 0) is 74.8 Å². The Morgan fingerprint density at radius 1 is 1.14 bits per heavy atom. The third-order valence-corrected chi connectivity index (χ3v) is 7.14. The van der Waals surface area contributed by atoms with E-state index in [1.54, 1.807) is 10.4 Å². The molecule has 1 N–H and O–H groups in total. The van der Waals surface area contributed by atoms with Gasteiger partial charge in [0.1, 0.15) is 0 Å². The van der Waals surface area contributed by atoms with Gasteiger partial charge in [0, 0.05) is 19.6 Å². The van der Waals surface area contributed by atoms with Crippen molar-refractivity contribution < 1.29 is 8.42 Å². The SMILES string of the molecule is Cc1ccc(S(=O)(=O)N2CCCC3(CCCNC3)C2)cc1C. The van der Waals surface area contributed by atoms with Crippen molar-refractivity contribution in [1.29, 1.82) is 0 Å². The Balaban J connectivity index is 1.86. The Hall–Kier alpha value is -0.910. The van der Waals surface area contributed by atoms with Gasteiger partial charge in [-0.2, -0.15) is 4.31 Å². The normalized spacial score (nSPS) is 27.2. The third-order valence-electron chi connectivity index (χ3n) is 5.30. The van der Waals surface area contributed by atoms with Crippen molar-refractivity contribution in [2.75, 3.05) is 26.2 Å². The molecule has 0 saturated carbocycles. The molecule has 0 aromatic heterocycles. The van der Waals surface area contributed by atoms with Gasteiger partial charge in [-0.25, -0.2) is 8.42 Å². The molecule has 1 spiro atoms. The number of hydrogen-bond acceptors (Lipinski definition) is 3. The van der Waals surface area contributed by atoms with Gasteiger partial charge in [0.2, 0.25) is 10.0 Å². The van der Waals surface area contributed by atoms with Crippen LogP contribution in [-0.4, -0.2) is 38.9 Å². The fourth-order valence-electron chi connectivity index (χ4n) is 3.77. The molecule has 2 aliphatic heterocycles. The second-order valence-electron chi connectivity index (χ2n) is 6.97. The lowest BCUT2D eigenvalue weighted by Gasteiger charge is -2.44. The van der Waals surface area contributed by atoms with Gasteiger partial charge >= 0.3 is 0 Å². The van der Waals surface area contributed by atoms with Crippen molar-refractivity contribution in [2.24, 2.45) is 5.41 Å². The lowest BCUT2D eigenvalue weighted by Crippen LogP contribution is -2.52. The summed E-state index contributed by atoms with van der Waals surface area (Å²) in [7, 11) is -3.37. The summed E-state index contributed by atoms with van der Waals surface area (Å²) in [5, 5.41) is 3.45. The molecule has 2 heterocycles. The number of piperidine rings is 2. The molecular weight excluding hydrogens is 296 g/mol. The van der Waals surface area contributed by atoms with E-state index >= 15 is 0 Å².